The van der Waals surface area contributed by atoms with Crippen molar-refractivity contribution in [2.24, 2.45) is 0 Å². The molecule has 1 N–H and O–H groups in total. The highest BCUT2D eigenvalue weighted by atomic mass is 16.7. The molecule has 8 heteroatoms. The van der Waals surface area contributed by atoms with E-state index >= 15 is 0 Å². The first kappa shape index (κ1) is 15.9. The molecule has 4 rings (SSSR count). The van der Waals surface area contributed by atoms with Crippen molar-refractivity contribution in [2.75, 3.05) is 20.9 Å². The molecule has 0 radical (unpaired) electrons. The Kier molecular flexibility index (Phi) is 4.04. The van der Waals surface area contributed by atoms with Crippen LogP contribution in [0.15, 0.2) is 22.7 Å². The van der Waals surface area contributed by atoms with Crippen molar-refractivity contribution in [1.29, 1.82) is 0 Å². The summed E-state index contributed by atoms with van der Waals surface area (Å²) < 4.78 is 15.9. The third-order valence-corrected chi connectivity index (χ3v) is 4.32. The van der Waals surface area contributed by atoms with Crippen molar-refractivity contribution in [3.63, 3.8) is 0 Å². The van der Waals surface area contributed by atoms with E-state index in [1.165, 1.54) is 0 Å². The predicted molar refractivity (Wildman–Crippen MR) is 87.1 cm³/mol. The zero-order valence-electron chi connectivity index (χ0n) is 14.2. The number of amides is 1. The quantitative estimate of drug-likeness (QED) is 0.851. The van der Waals surface area contributed by atoms with Crippen LogP contribution >= 0.6 is 0 Å². The molecule has 2 heterocycles. The second-order valence-electron chi connectivity index (χ2n) is 6.52. The first-order valence-corrected chi connectivity index (χ1v) is 8.28. The fourth-order valence-corrected chi connectivity index (χ4v) is 2.87. The summed E-state index contributed by atoms with van der Waals surface area (Å²) in [5, 5.41) is 6.83. The molecule has 1 aromatic heterocycles. The van der Waals surface area contributed by atoms with Gasteiger partial charge in [-0.15, -0.1) is 0 Å². The number of carbonyl (C=O) groups is 1. The van der Waals surface area contributed by atoms with Crippen LogP contribution in [0, 0.1) is 0 Å². The van der Waals surface area contributed by atoms with Gasteiger partial charge in [-0.1, -0.05) is 11.2 Å². The highest BCUT2D eigenvalue weighted by molar-refractivity contribution is 5.83. The fourth-order valence-electron chi connectivity index (χ4n) is 2.87. The molecule has 1 saturated carbocycles. The minimum atomic E-state index is -0.458. The molecule has 25 heavy (non-hydrogen) atoms. The summed E-state index contributed by atoms with van der Waals surface area (Å²) in [5.74, 6) is 2.80. The number of ether oxygens (including phenoxy) is 2. The summed E-state index contributed by atoms with van der Waals surface area (Å²) in [4.78, 5) is 18.9. The molecule has 1 aromatic carbocycles. The summed E-state index contributed by atoms with van der Waals surface area (Å²) >= 11 is 0. The van der Waals surface area contributed by atoms with Crippen LogP contribution in [0.5, 0.6) is 11.5 Å². The highest BCUT2D eigenvalue weighted by Crippen LogP contribution is 2.38. The standard InChI is InChI=1S/C17H20N4O4/c1-21(2)15(11-5-6-12-13(7-11)24-9-23-12)17(22)18-8-14-19-16(20-25-14)10-3-4-10/h5-7,10,15H,3-4,8-9H2,1-2H3,(H,18,22)/t15-/m1/s1. The number of fused-ring (bicyclic) bond motifs is 1. The van der Waals surface area contributed by atoms with E-state index in [2.05, 4.69) is 15.5 Å². The average Bonchev–Trinajstić information content (AvgIpc) is 3.15. The monoisotopic (exact) mass is 344 g/mol. The van der Waals surface area contributed by atoms with E-state index in [4.69, 9.17) is 14.0 Å². The third-order valence-electron chi connectivity index (χ3n) is 4.32. The Morgan fingerprint density at radius 2 is 2.12 bits per heavy atom. The van der Waals surface area contributed by atoms with Gasteiger partial charge in [-0.25, -0.2) is 0 Å². The summed E-state index contributed by atoms with van der Waals surface area (Å²) in [6.07, 6.45) is 2.22. The number of nitrogens with zero attached hydrogens (tertiary/aromatic N) is 3. The third kappa shape index (κ3) is 3.30. The average molecular weight is 344 g/mol. The zero-order chi connectivity index (χ0) is 17.4. The van der Waals surface area contributed by atoms with Crippen LogP contribution in [-0.2, 0) is 11.3 Å². The highest BCUT2D eigenvalue weighted by Gasteiger charge is 2.29. The lowest BCUT2D eigenvalue weighted by molar-refractivity contribution is -0.126. The smallest absolute Gasteiger partial charge is 0.246 e. The molecular formula is C17H20N4O4. The van der Waals surface area contributed by atoms with Gasteiger partial charge in [0.1, 0.15) is 6.04 Å². The molecule has 1 amide bonds. The Morgan fingerprint density at radius 3 is 2.88 bits per heavy atom. The Bertz CT molecular complexity index is 785. The second-order valence-corrected chi connectivity index (χ2v) is 6.52. The summed E-state index contributed by atoms with van der Waals surface area (Å²) in [6.45, 7) is 0.422. The van der Waals surface area contributed by atoms with E-state index in [1.807, 2.05) is 37.2 Å². The van der Waals surface area contributed by atoms with E-state index in [0.717, 1.165) is 24.2 Å². The number of hydrogen-bond donors (Lipinski definition) is 1. The van der Waals surface area contributed by atoms with Crippen LogP contribution in [0.1, 0.15) is 42.1 Å². The maximum atomic E-state index is 12.7. The van der Waals surface area contributed by atoms with Gasteiger partial charge in [0, 0.05) is 5.92 Å². The Balaban J connectivity index is 1.45. The minimum absolute atomic E-state index is 0.143. The van der Waals surface area contributed by atoms with Gasteiger partial charge in [0.2, 0.25) is 18.6 Å². The molecule has 1 atom stereocenters. The molecule has 2 aliphatic rings. The van der Waals surface area contributed by atoms with Crippen molar-refractivity contribution in [3.8, 4) is 11.5 Å². The maximum Gasteiger partial charge on any atom is 0.246 e. The van der Waals surface area contributed by atoms with Crippen molar-refractivity contribution in [1.82, 2.24) is 20.4 Å². The topological polar surface area (TPSA) is 89.7 Å². The number of hydrogen-bond acceptors (Lipinski definition) is 7. The Labute approximate surface area is 145 Å². The minimum Gasteiger partial charge on any atom is -0.454 e. The first-order chi connectivity index (χ1) is 12.1. The lowest BCUT2D eigenvalue weighted by atomic mass is 10.0. The van der Waals surface area contributed by atoms with Gasteiger partial charge in [0.05, 0.1) is 6.54 Å². The Hall–Kier alpha value is -2.61. The lowest BCUT2D eigenvalue weighted by Crippen LogP contribution is -2.36. The zero-order valence-corrected chi connectivity index (χ0v) is 14.2. The van der Waals surface area contributed by atoms with Gasteiger partial charge >= 0.3 is 0 Å². The van der Waals surface area contributed by atoms with Crippen LogP contribution in [0.3, 0.4) is 0 Å². The molecule has 1 aliphatic carbocycles. The van der Waals surface area contributed by atoms with Crippen LogP contribution in [0.4, 0.5) is 0 Å². The van der Waals surface area contributed by atoms with Crippen molar-refractivity contribution in [2.45, 2.75) is 31.3 Å². The molecular weight excluding hydrogens is 324 g/mol. The molecule has 1 fully saturated rings. The van der Waals surface area contributed by atoms with E-state index in [0.29, 0.717) is 23.3 Å². The molecule has 0 unspecified atom stereocenters. The van der Waals surface area contributed by atoms with E-state index in [9.17, 15) is 4.79 Å². The van der Waals surface area contributed by atoms with Crippen LogP contribution in [0.2, 0.25) is 0 Å². The summed E-state index contributed by atoms with van der Waals surface area (Å²) in [6, 6.07) is 5.07. The lowest BCUT2D eigenvalue weighted by Gasteiger charge is -2.23. The van der Waals surface area contributed by atoms with Crippen LogP contribution in [-0.4, -0.2) is 41.8 Å². The van der Waals surface area contributed by atoms with Crippen molar-refractivity contribution in [3.05, 3.63) is 35.5 Å². The van der Waals surface area contributed by atoms with Gasteiger partial charge in [-0.3, -0.25) is 9.69 Å². The van der Waals surface area contributed by atoms with E-state index < -0.39 is 6.04 Å². The number of nitrogens with one attached hydrogen (secondary N) is 1. The molecule has 1 aliphatic heterocycles. The number of aromatic nitrogens is 2. The fraction of sp³-hybridized carbons (Fsp3) is 0.471. The first-order valence-electron chi connectivity index (χ1n) is 8.28. The van der Waals surface area contributed by atoms with Gasteiger partial charge in [-0.2, -0.15) is 4.98 Å². The molecule has 0 spiro atoms. The van der Waals surface area contributed by atoms with Gasteiger partial charge < -0.3 is 19.3 Å². The van der Waals surface area contributed by atoms with E-state index in [-0.39, 0.29) is 19.2 Å². The van der Waals surface area contributed by atoms with Crippen molar-refractivity contribution >= 4 is 5.91 Å². The van der Waals surface area contributed by atoms with Crippen LogP contribution < -0.4 is 14.8 Å². The molecule has 8 nitrogen and oxygen atoms in total. The van der Waals surface area contributed by atoms with Crippen LogP contribution in [0.25, 0.3) is 0 Å². The molecule has 132 valence electrons. The largest absolute Gasteiger partial charge is 0.454 e. The number of likely N-dealkylation sites (N-methyl/N-ethyl adjacent to an activating group) is 1. The van der Waals surface area contributed by atoms with Gasteiger partial charge in [0.25, 0.3) is 0 Å². The predicted octanol–water partition coefficient (Wildman–Crippen LogP) is 1.59. The number of rotatable bonds is 6. The van der Waals surface area contributed by atoms with E-state index in [1.54, 1.807) is 0 Å². The number of carbonyl (C=O) groups excluding carboxylic acids is 1. The van der Waals surface area contributed by atoms with Gasteiger partial charge in [0.15, 0.2) is 17.3 Å². The molecule has 0 saturated heterocycles. The summed E-state index contributed by atoms with van der Waals surface area (Å²) in [5.41, 5.74) is 0.830. The maximum absolute atomic E-state index is 12.7. The summed E-state index contributed by atoms with van der Waals surface area (Å²) in [7, 11) is 3.71. The second kappa shape index (κ2) is 6.36. The Morgan fingerprint density at radius 1 is 1.32 bits per heavy atom. The number of benzene rings is 1. The SMILES string of the molecule is CN(C)[C@@H](C(=O)NCc1nc(C2CC2)no1)c1ccc2c(c1)OCO2. The normalized spacial score (nSPS) is 16.9. The molecule has 2 aromatic rings. The van der Waals surface area contributed by atoms with Gasteiger partial charge in [-0.05, 0) is 44.6 Å². The molecule has 0 bridgehead atoms. The van der Waals surface area contributed by atoms with Crippen molar-refractivity contribution < 1.29 is 18.8 Å².